The first-order chi connectivity index (χ1) is 23.6. The Morgan fingerprint density at radius 1 is 1.04 bits per heavy atom. The number of ether oxygens (including phenoxy) is 3. The molecule has 2 fully saturated rings. The third-order valence-corrected chi connectivity index (χ3v) is 9.04. The van der Waals surface area contributed by atoms with Gasteiger partial charge in [0.05, 0.1) is 50.2 Å². The van der Waals surface area contributed by atoms with Crippen LogP contribution in [-0.4, -0.2) is 58.0 Å². The highest BCUT2D eigenvalue weighted by Crippen LogP contribution is 2.41. The second kappa shape index (κ2) is 12.2. The van der Waals surface area contributed by atoms with Crippen LogP contribution in [0.1, 0.15) is 74.6 Å². The molecule has 8 rings (SSSR count). The van der Waals surface area contributed by atoms with E-state index in [1.807, 2.05) is 45.5 Å². The molecule has 1 aliphatic carbocycles. The van der Waals surface area contributed by atoms with Crippen molar-refractivity contribution in [1.29, 1.82) is 0 Å². The Kier molecular flexibility index (Phi) is 7.79. The third-order valence-electron chi connectivity index (χ3n) is 9.04. The first-order valence-electron chi connectivity index (χ1n) is 16.4. The van der Waals surface area contributed by atoms with Crippen molar-refractivity contribution in [3.05, 3.63) is 83.8 Å². The summed E-state index contributed by atoms with van der Waals surface area (Å²) in [5.74, 6) is 2.32. The van der Waals surface area contributed by atoms with E-state index in [2.05, 4.69) is 46.0 Å². The summed E-state index contributed by atoms with van der Waals surface area (Å²) >= 11 is 0. The van der Waals surface area contributed by atoms with Gasteiger partial charge in [-0.1, -0.05) is 51.1 Å². The Bertz CT molecular complexity index is 2130. The van der Waals surface area contributed by atoms with Crippen LogP contribution in [0.4, 0.5) is 20.5 Å². The summed E-state index contributed by atoms with van der Waals surface area (Å²) in [6.07, 6.45) is 5.27. The number of benzene rings is 1. The number of hydrogen-bond donors (Lipinski definition) is 1. The number of aromatic nitrogens is 8. The van der Waals surface area contributed by atoms with Gasteiger partial charge in [0.15, 0.2) is 28.6 Å². The topological polar surface area (TPSA) is 118 Å². The number of aryl methyl sites for hydroxylation is 1. The molecule has 49 heavy (non-hydrogen) atoms. The summed E-state index contributed by atoms with van der Waals surface area (Å²) in [6, 6.07) is 11.8. The van der Waals surface area contributed by atoms with Gasteiger partial charge in [0.1, 0.15) is 23.5 Å². The van der Waals surface area contributed by atoms with Crippen molar-refractivity contribution in [3.8, 4) is 11.5 Å². The second-order valence-corrected chi connectivity index (χ2v) is 13.7. The van der Waals surface area contributed by atoms with Crippen LogP contribution in [0.3, 0.4) is 0 Å². The van der Waals surface area contributed by atoms with E-state index >= 15 is 0 Å². The lowest BCUT2D eigenvalue weighted by atomic mass is 9.91. The molecule has 1 N–H and O–H groups in total. The number of pyridine rings is 1. The van der Waals surface area contributed by atoms with Gasteiger partial charge in [-0.25, -0.2) is 23.7 Å². The number of alkyl halides is 2. The number of hydrogen-bond acceptors (Lipinski definition) is 9. The zero-order valence-electron chi connectivity index (χ0n) is 27.7. The quantitative estimate of drug-likeness (QED) is 0.164. The number of halogens is 2. The molecule has 0 radical (unpaired) electrons. The fourth-order valence-corrected chi connectivity index (χ4v) is 6.36. The molecule has 1 aromatic carbocycles. The van der Waals surface area contributed by atoms with Gasteiger partial charge in [0.2, 0.25) is 5.95 Å². The van der Waals surface area contributed by atoms with Crippen LogP contribution in [0, 0.1) is 0 Å². The van der Waals surface area contributed by atoms with Gasteiger partial charge in [0, 0.05) is 30.1 Å². The van der Waals surface area contributed by atoms with Crippen molar-refractivity contribution in [2.75, 3.05) is 18.5 Å². The van der Waals surface area contributed by atoms with E-state index in [4.69, 9.17) is 19.3 Å². The highest BCUT2D eigenvalue weighted by Gasteiger charge is 2.36. The second-order valence-electron chi connectivity index (χ2n) is 13.7. The number of nitrogens with one attached hydrogen (secondary N) is 1. The lowest BCUT2D eigenvalue weighted by Crippen LogP contribution is -2.30. The molecular formula is C35H37F2N9O3. The normalized spacial score (nSPS) is 18.3. The molecule has 254 valence electrons. The lowest BCUT2D eigenvalue weighted by Gasteiger charge is -2.26. The average molecular weight is 670 g/mol. The summed E-state index contributed by atoms with van der Waals surface area (Å²) in [5, 5.41) is 8.19. The zero-order valence-corrected chi connectivity index (χ0v) is 27.7. The maximum absolute atomic E-state index is 14.8. The van der Waals surface area contributed by atoms with E-state index < -0.39 is 6.43 Å². The first-order valence-corrected chi connectivity index (χ1v) is 16.4. The molecule has 14 heteroatoms. The molecule has 6 heterocycles. The summed E-state index contributed by atoms with van der Waals surface area (Å²) in [7, 11) is 1.66. The number of fused-ring (bicyclic) bond motifs is 2. The van der Waals surface area contributed by atoms with Gasteiger partial charge in [-0.3, -0.25) is 9.08 Å². The smallest absolute Gasteiger partial charge is 0.269 e. The van der Waals surface area contributed by atoms with E-state index in [0.717, 1.165) is 29.9 Å². The van der Waals surface area contributed by atoms with Crippen LogP contribution in [0.15, 0.2) is 61.2 Å². The molecule has 6 aromatic rings. The summed E-state index contributed by atoms with van der Waals surface area (Å²) < 4.78 is 53.1. The van der Waals surface area contributed by atoms with E-state index in [-0.39, 0.29) is 40.0 Å². The van der Waals surface area contributed by atoms with Crippen molar-refractivity contribution in [1.82, 2.24) is 38.7 Å². The highest BCUT2D eigenvalue weighted by molar-refractivity contribution is 5.81. The molecule has 1 aliphatic heterocycles. The van der Waals surface area contributed by atoms with Crippen LogP contribution < -0.4 is 10.1 Å². The van der Waals surface area contributed by atoms with E-state index in [1.54, 1.807) is 24.0 Å². The Morgan fingerprint density at radius 3 is 2.61 bits per heavy atom. The van der Waals surface area contributed by atoms with E-state index in [9.17, 15) is 8.78 Å². The molecule has 2 atom stereocenters. The van der Waals surface area contributed by atoms with Gasteiger partial charge in [-0.2, -0.15) is 10.1 Å². The first kappa shape index (κ1) is 31.3. The highest BCUT2D eigenvalue weighted by atomic mass is 19.3. The van der Waals surface area contributed by atoms with Crippen molar-refractivity contribution in [3.63, 3.8) is 0 Å². The Balaban J connectivity index is 1.09. The maximum Gasteiger partial charge on any atom is 0.269 e. The van der Waals surface area contributed by atoms with Crippen LogP contribution in [-0.2, 0) is 28.5 Å². The SMILES string of the molecule is Cn1c(Nc2cc(C(C)(C)C)n(C3COCC3OCc3ccccc3)n2)nc2ncc(Oc3cnc4cnc(C5CC5)n4c3)c(C(F)F)c21. The van der Waals surface area contributed by atoms with Crippen molar-refractivity contribution in [2.24, 2.45) is 7.05 Å². The minimum Gasteiger partial charge on any atom is -0.452 e. The van der Waals surface area contributed by atoms with Gasteiger partial charge in [0.25, 0.3) is 6.43 Å². The Hall–Kier alpha value is -4.95. The predicted octanol–water partition coefficient (Wildman–Crippen LogP) is 7.01. The molecule has 2 aliphatic rings. The molecule has 0 amide bonds. The number of nitrogens with zero attached hydrogens (tertiary/aromatic N) is 8. The zero-order chi connectivity index (χ0) is 33.9. The molecule has 2 unspecified atom stereocenters. The molecule has 5 aromatic heterocycles. The molecule has 1 saturated carbocycles. The standard InChI is InChI=1S/C35H37F2N9O3/c1-35(2,3)26-12-27(43-46(26)23-18-47-19-25(23)48-17-20-8-6-5-7-9-20)41-34-42-32-30(44(34)4)29(31(36)37)24(14-39-32)49-22-13-38-28-15-40-33(21-10-11-21)45(28)16-22/h5-9,12-16,21,23,25,31H,10-11,17-19H2,1-4H3,(H,39,41,42,43). The van der Waals surface area contributed by atoms with Crippen molar-refractivity contribution >= 4 is 28.6 Å². The molecule has 0 bridgehead atoms. The van der Waals surface area contributed by atoms with Gasteiger partial charge >= 0.3 is 0 Å². The fraction of sp³-hybridized carbons (Fsp3) is 0.400. The molecule has 0 spiro atoms. The lowest BCUT2D eigenvalue weighted by molar-refractivity contribution is 0.0143. The summed E-state index contributed by atoms with van der Waals surface area (Å²) in [4.78, 5) is 17.9. The molecule has 12 nitrogen and oxygen atoms in total. The largest absolute Gasteiger partial charge is 0.452 e. The van der Waals surface area contributed by atoms with E-state index in [0.29, 0.717) is 48.9 Å². The van der Waals surface area contributed by atoms with Crippen LogP contribution in [0.2, 0.25) is 0 Å². The van der Waals surface area contributed by atoms with Gasteiger partial charge in [-0.05, 0) is 18.4 Å². The maximum atomic E-state index is 14.8. The molecule has 1 saturated heterocycles. The number of anilines is 2. The summed E-state index contributed by atoms with van der Waals surface area (Å²) in [5.41, 5.74) is 2.44. The number of rotatable bonds is 10. The van der Waals surface area contributed by atoms with Gasteiger partial charge in [-0.15, -0.1) is 0 Å². The Morgan fingerprint density at radius 2 is 1.86 bits per heavy atom. The van der Waals surface area contributed by atoms with Crippen LogP contribution in [0.5, 0.6) is 11.5 Å². The third kappa shape index (κ3) is 5.99. The van der Waals surface area contributed by atoms with Crippen LogP contribution >= 0.6 is 0 Å². The van der Waals surface area contributed by atoms with E-state index in [1.165, 1.54) is 12.4 Å². The van der Waals surface area contributed by atoms with Crippen molar-refractivity contribution in [2.45, 2.75) is 70.1 Å². The molecular weight excluding hydrogens is 632 g/mol. The minimum absolute atomic E-state index is 0.0756. The Labute approximate surface area is 281 Å². The average Bonchev–Trinajstić information content (AvgIpc) is 3.38. The van der Waals surface area contributed by atoms with Crippen molar-refractivity contribution < 1.29 is 23.0 Å². The predicted molar refractivity (Wildman–Crippen MR) is 178 cm³/mol. The monoisotopic (exact) mass is 669 g/mol. The van der Waals surface area contributed by atoms with Crippen LogP contribution in [0.25, 0.3) is 16.8 Å². The van der Waals surface area contributed by atoms with Gasteiger partial charge < -0.3 is 24.1 Å². The fourth-order valence-electron chi connectivity index (χ4n) is 6.36. The summed E-state index contributed by atoms with van der Waals surface area (Å²) in [6.45, 7) is 7.71. The minimum atomic E-state index is -2.86. The number of imidazole rings is 2.